The summed E-state index contributed by atoms with van der Waals surface area (Å²) in [5, 5.41) is 0.689. The van der Waals surface area contributed by atoms with Gasteiger partial charge in [0.2, 0.25) is 10.0 Å². The Morgan fingerprint density at radius 1 is 1.12 bits per heavy atom. The summed E-state index contributed by atoms with van der Waals surface area (Å²) in [4.78, 5) is 11.1. The predicted molar refractivity (Wildman–Crippen MR) is 123 cm³/mol. The zero-order valence-corrected chi connectivity index (χ0v) is 19.9. The van der Waals surface area contributed by atoms with Crippen LogP contribution in [0.3, 0.4) is 0 Å². The highest BCUT2D eigenvalue weighted by atomic mass is 32.2. The van der Waals surface area contributed by atoms with E-state index in [2.05, 4.69) is 0 Å². The van der Waals surface area contributed by atoms with E-state index in [4.69, 9.17) is 0 Å². The number of nitrogens with zero attached hydrogens (tertiary/aromatic N) is 1. The Bertz CT molecular complexity index is 1190. The molecule has 4 nitrogen and oxygen atoms in total. The van der Waals surface area contributed by atoms with Crippen LogP contribution in [0.15, 0.2) is 47.4 Å². The molecule has 0 bridgehead atoms. The number of alkyl halides is 3. The van der Waals surface area contributed by atoms with Gasteiger partial charge in [-0.3, -0.25) is 9.10 Å². The molecule has 0 N–H and O–H groups in total. The van der Waals surface area contributed by atoms with Gasteiger partial charge in [-0.1, -0.05) is 38.1 Å². The molecule has 0 aliphatic rings. The van der Waals surface area contributed by atoms with Gasteiger partial charge in [0.1, 0.15) is 5.00 Å². The Labute approximate surface area is 192 Å². The van der Waals surface area contributed by atoms with Crippen molar-refractivity contribution in [3.05, 3.63) is 59.2 Å². The van der Waals surface area contributed by atoms with Crippen LogP contribution in [0, 0.1) is 0 Å². The fourth-order valence-corrected chi connectivity index (χ4v) is 5.85. The Morgan fingerprint density at radius 3 is 2.34 bits per heavy atom. The molecule has 0 atom stereocenters. The summed E-state index contributed by atoms with van der Waals surface area (Å²) in [6, 6.07) is 9.77. The van der Waals surface area contributed by atoms with Crippen molar-refractivity contribution in [2.75, 3.05) is 10.1 Å². The van der Waals surface area contributed by atoms with Crippen molar-refractivity contribution in [2.24, 2.45) is 0 Å². The molecule has 0 saturated carbocycles. The van der Waals surface area contributed by atoms with Crippen molar-refractivity contribution in [1.82, 2.24) is 0 Å². The summed E-state index contributed by atoms with van der Waals surface area (Å²) in [7, 11) is -3.93. The molecule has 0 amide bonds. The average Bonchev–Trinajstić information content (AvgIpc) is 3.16. The summed E-state index contributed by atoms with van der Waals surface area (Å²) in [5.41, 5.74) is -1.01. The lowest BCUT2D eigenvalue weighted by Crippen LogP contribution is -2.32. The summed E-state index contributed by atoms with van der Waals surface area (Å²) in [5.74, 6) is -0.315. The summed E-state index contributed by atoms with van der Waals surface area (Å²) in [6.07, 6.45) is -4.26. The largest absolute Gasteiger partial charge is 0.417 e. The fraction of sp³-hybridized carbons (Fsp3) is 0.286. The van der Waals surface area contributed by atoms with Crippen molar-refractivity contribution in [3.63, 3.8) is 0 Å². The third-order valence-corrected chi connectivity index (χ3v) is 7.98. The minimum atomic E-state index is -4.80. The maximum absolute atomic E-state index is 13.3. The van der Waals surface area contributed by atoms with E-state index in [0.29, 0.717) is 16.4 Å². The predicted octanol–water partition coefficient (Wildman–Crippen LogP) is 7.09. The number of sulfonamides is 1. The van der Waals surface area contributed by atoms with Gasteiger partial charge in [-0.15, -0.1) is 11.3 Å². The number of carbonyl (C=O) groups excluding carboxylic acids is 1. The number of carbonyl (C=O) groups is 1. The number of hydrogen-bond donors (Lipinski definition) is 0. The van der Waals surface area contributed by atoms with E-state index in [1.54, 1.807) is 24.3 Å². The Morgan fingerprint density at radius 2 is 1.78 bits per heavy atom. The van der Waals surface area contributed by atoms with Crippen LogP contribution < -0.4 is 4.31 Å². The normalized spacial score (nSPS) is 11.7. The molecule has 0 spiro atoms. The first-order valence-electron chi connectivity index (χ1n) is 9.58. The molecule has 0 unspecified atom stereocenters. The zero-order chi connectivity index (χ0) is 24.1. The van der Waals surface area contributed by atoms with Crippen molar-refractivity contribution >= 4 is 54.9 Å². The SMILES string of the molecule is CC.CCS(=O)(=O)N(Cc1ccc(SF)c(C(F)(F)F)c1)c1sc2ccccc2c1C=O. The number of anilines is 1. The number of benzene rings is 2. The van der Waals surface area contributed by atoms with Gasteiger partial charge in [-0.05, 0) is 30.7 Å². The molecule has 3 rings (SSSR count). The highest BCUT2D eigenvalue weighted by Gasteiger charge is 2.35. The molecule has 0 aliphatic carbocycles. The number of halogens is 4. The van der Waals surface area contributed by atoms with Gasteiger partial charge >= 0.3 is 6.18 Å². The summed E-state index contributed by atoms with van der Waals surface area (Å²) < 4.78 is 79.9. The second kappa shape index (κ2) is 10.7. The Balaban J connectivity index is 0.00000176. The molecule has 0 saturated heterocycles. The maximum Gasteiger partial charge on any atom is 0.417 e. The van der Waals surface area contributed by atoms with Crippen LogP contribution in [0.4, 0.5) is 22.1 Å². The summed E-state index contributed by atoms with van der Waals surface area (Å²) in [6.45, 7) is 4.98. The van der Waals surface area contributed by atoms with E-state index in [1.165, 1.54) is 13.0 Å². The van der Waals surface area contributed by atoms with Gasteiger partial charge in [0, 0.05) is 10.1 Å². The first-order chi connectivity index (χ1) is 15.1. The number of fused-ring (bicyclic) bond motifs is 1. The second-order valence-corrected chi connectivity index (χ2v) is 10.1. The highest BCUT2D eigenvalue weighted by Crippen LogP contribution is 2.41. The minimum absolute atomic E-state index is 0.0199. The van der Waals surface area contributed by atoms with Crippen LogP contribution >= 0.6 is 23.5 Å². The molecule has 2 aromatic carbocycles. The van der Waals surface area contributed by atoms with Crippen molar-refractivity contribution in [1.29, 1.82) is 0 Å². The third kappa shape index (κ3) is 5.44. The van der Waals surface area contributed by atoms with Gasteiger partial charge in [0.15, 0.2) is 6.29 Å². The zero-order valence-electron chi connectivity index (χ0n) is 17.4. The van der Waals surface area contributed by atoms with E-state index in [-0.39, 0.29) is 21.9 Å². The van der Waals surface area contributed by atoms with E-state index in [1.807, 2.05) is 13.8 Å². The first kappa shape index (κ1) is 26.1. The molecule has 11 heteroatoms. The average molecular weight is 508 g/mol. The van der Waals surface area contributed by atoms with Crippen LogP contribution in [0.5, 0.6) is 0 Å². The number of thiophene rings is 1. The molecule has 1 aromatic heterocycles. The van der Waals surface area contributed by atoms with Gasteiger partial charge < -0.3 is 0 Å². The van der Waals surface area contributed by atoms with Gasteiger partial charge in [0.05, 0.1) is 40.5 Å². The maximum atomic E-state index is 13.3. The van der Waals surface area contributed by atoms with Gasteiger partial charge in [-0.25, -0.2) is 8.42 Å². The van der Waals surface area contributed by atoms with Gasteiger partial charge in [0.25, 0.3) is 0 Å². The molecular formula is C21H21F4NO3S3. The molecule has 174 valence electrons. The van der Waals surface area contributed by atoms with Crippen LogP contribution in [-0.4, -0.2) is 20.5 Å². The van der Waals surface area contributed by atoms with E-state index >= 15 is 0 Å². The number of aldehydes is 1. The molecule has 1 heterocycles. The Hall–Kier alpha value is -2.11. The minimum Gasteiger partial charge on any atom is -0.298 e. The Kier molecular flexibility index (Phi) is 8.72. The van der Waals surface area contributed by atoms with E-state index in [9.17, 15) is 30.3 Å². The molecule has 3 aromatic rings. The molecule has 0 fully saturated rings. The third-order valence-electron chi connectivity index (χ3n) is 4.42. The van der Waals surface area contributed by atoms with Crippen LogP contribution in [0.1, 0.15) is 42.3 Å². The topological polar surface area (TPSA) is 54.5 Å². The molecule has 0 radical (unpaired) electrons. The lowest BCUT2D eigenvalue weighted by molar-refractivity contribution is -0.139. The van der Waals surface area contributed by atoms with E-state index < -0.39 is 45.4 Å². The lowest BCUT2D eigenvalue weighted by Gasteiger charge is -2.23. The van der Waals surface area contributed by atoms with Crippen molar-refractivity contribution in [3.8, 4) is 0 Å². The highest BCUT2D eigenvalue weighted by molar-refractivity contribution is 7.94. The monoisotopic (exact) mass is 507 g/mol. The number of hydrogen-bond acceptors (Lipinski definition) is 5. The van der Waals surface area contributed by atoms with Crippen LogP contribution in [0.25, 0.3) is 10.1 Å². The molecule has 32 heavy (non-hydrogen) atoms. The number of rotatable bonds is 7. The van der Waals surface area contributed by atoms with Crippen molar-refractivity contribution in [2.45, 2.75) is 38.4 Å². The van der Waals surface area contributed by atoms with Crippen LogP contribution in [-0.2, 0) is 22.7 Å². The smallest absolute Gasteiger partial charge is 0.298 e. The molecule has 0 aliphatic heterocycles. The van der Waals surface area contributed by atoms with E-state index in [0.717, 1.165) is 27.8 Å². The standard InChI is InChI=1S/C19H15F4NO3S3.C2H6/c1-2-30(26,27)24(18-14(11-25)13-5-3-4-6-16(13)28-18)10-12-7-8-17(29-23)15(9-12)19(20,21)22;1-2/h3-9,11H,2,10H2,1H3;1-2H3. The second-order valence-electron chi connectivity index (χ2n) is 6.25. The van der Waals surface area contributed by atoms with Gasteiger partial charge in [-0.2, -0.15) is 17.1 Å². The first-order valence-corrected chi connectivity index (χ1v) is 12.7. The quantitative estimate of drug-likeness (QED) is 0.253. The fourth-order valence-electron chi connectivity index (χ4n) is 2.93. The molecular weight excluding hydrogens is 486 g/mol. The lowest BCUT2D eigenvalue weighted by atomic mass is 10.1. The summed E-state index contributed by atoms with van der Waals surface area (Å²) >= 11 is 0.534. The van der Waals surface area contributed by atoms with Crippen molar-refractivity contribution < 1.29 is 30.3 Å². The van der Waals surface area contributed by atoms with Crippen LogP contribution in [0.2, 0.25) is 0 Å².